The third-order valence-corrected chi connectivity index (χ3v) is 6.11. The minimum Gasteiger partial charge on any atom is -0.341 e. The number of amides is 2. The largest absolute Gasteiger partial charge is 0.341 e. The molecule has 2 saturated heterocycles. The van der Waals surface area contributed by atoms with Crippen molar-refractivity contribution >= 4 is 17.5 Å². The topological polar surface area (TPSA) is 70.5 Å². The van der Waals surface area contributed by atoms with Crippen LogP contribution in [0.4, 0.5) is 10.1 Å². The van der Waals surface area contributed by atoms with E-state index >= 15 is 0 Å². The van der Waals surface area contributed by atoms with Crippen molar-refractivity contribution in [2.45, 2.75) is 38.6 Å². The summed E-state index contributed by atoms with van der Waals surface area (Å²) in [7, 11) is 0. The average Bonchev–Trinajstić information content (AvgIpc) is 3.42. The van der Waals surface area contributed by atoms with Crippen molar-refractivity contribution < 1.29 is 14.0 Å². The van der Waals surface area contributed by atoms with Crippen molar-refractivity contribution in [3.63, 3.8) is 0 Å². The number of likely N-dealkylation sites (tertiary alicyclic amines) is 2. The number of aromatic nitrogens is 2. The van der Waals surface area contributed by atoms with E-state index in [9.17, 15) is 14.0 Å². The van der Waals surface area contributed by atoms with Crippen LogP contribution < -0.4 is 5.32 Å². The molecular weight excluding hydrogens is 397 g/mol. The second-order valence-electron chi connectivity index (χ2n) is 8.60. The zero-order valence-corrected chi connectivity index (χ0v) is 17.8. The highest BCUT2D eigenvalue weighted by molar-refractivity contribution is 5.92. The van der Waals surface area contributed by atoms with Gasteiger partial charge in [-0.2, -0.15) is 5.10 Å². The number of anilines is 1. The standard InChI is InChI=1S/C23H30FN5O2/c24-21-8-2-1-7-19(21)12-22(30)26-20-13-25-29(16-20)17-23(31)28-11-5-6-18(15-28)14-27-9-3-4-10-27/h1-2,7-8,13,16,18H,3-6,9-12,14-15,17H2,(H,26,30)/t18-/m1/s1. The summed E-state index contributed by atoms with van der Waals surface area (Å²) in [5.41, 5.74) is 0.843. The molecular formula is C23H30FN5O2. The molecule has 0 saturated carbocycles. The van der Waals surface area contributed by atoms with Crippen molar-refractivity contribution in [2.24, 2.45) is 5.92 Å². The summed E-state index contributed by atoms with van der Waals surface area (Å²) in [6, 6.07) is 6.22. The molecule has 1 aromatic heterocycles. The monoisotopic (exact) mass is 427 g/mol. The first-order valence-electron chi connectivity index (χ1n) is 11.1. The van der Waals surface area contributed by atoms with Gasteiger partial charge in [0.25, 0.3) is 0 Å². The fourth-order valence-corrected chi connectivity index (χ4v) is 4.54. The lowest BCUT2D eigenvalue weighted by Crippen LogP contribution is -2.44. The highest BCUT2D eigenvalue weighted by atomic mass is 19.1. The van der Waals surface area contributed by atoms with Gasteiger partial charge in [-0.25, -0.2) is 4.39 Å². The Kier molecular flexibility index (Phi) is 6.96. The molecule has 0 radical (unpaired) electrons. The number of benzene rings is 1. The van der Waals surface area contributed by atoms with E-state index in [1.54, 1.807) is 29.1 Å². The van der Waals surface area contributed by atoms with Gasteiger partial charge in [-0.1, -0.05) is 18.2 Å². The van der Waals surface area contributed by atoms with Gasteiger partial charge in [-0.3, -0.25) is 14.3 Å². The summed E-state index contributed by atoms with van der Waals surface area (Å²) < 4.78 is 15.3. The Bertz CT molecular complexity index is 909. The molecule has 3 heterocycles. The van der Waals surface area contributed by atoms with Crippen molar-refractivity contribution in [2.75, 3.05) is 38.0 Å². The fraction of sp³-hybridized carbons (Fsp3) is 0.522. The van der Waals surface area contributed by atoms with Gasteiger partial charge >= 0.3 is 0 Å². The molecule has 1 N–H and O–H groups in total. The fourth-order valence-electron chi connectivity index (χ4n) is 4.54. The van der Waals surface area contributed by atoms with Gasteiger partial charge in [0.2, 0.25) is 11.8 Å². The van der Waals surface area contributed by atoms with E-state index in [1.165, 1.54) is 44.6 Å². The molecule has 2 fully saturated rings. The van der Waals surface area contributed by atoms with Crippen LogP contribution in [0.2, 0.25) is 0 Å². The van der Waals surface area contributed by atoms with Crippen molar-refractivity contribution in [3.05, 3.63) is 48.0 Å². The molecule has 2 aliphatic heterocycles. The maximum Gasteiger partial charge on any atom is 0.244 e. The van der Waals surface area contributed by atoms with Crippen molar-refractivity contribution in [1.82, 2.24) is 19.6 Å². The summed E-state index contributed by atoms with van der Waals surface area (Å²) in [6.07, 6.45) is 7.90. The maximum absolute atomic E-state index is 13.7. The van der Waals surface area contributed by atoms with E-state index in [0.29, 0.717) is 17.2 Å². The van der Waals surface area contributed by atoms with Gasteiger partial charge in [-0.05, 0) is 56.3 Å². The predicted molar refractivity (Wildman–Crippen MR) is 116 cm³/mol. The maximum atomic E-state index is 13.7. The molecule has 4 rings (SSSR count). The number of hydrogen-bond donors (Lipinski definition) is 1. The molecule has 166 valence electrons. The van der Waals surface area contributed by atoms with Crippen LogP contribution in [0.1, 0.15) is 31.2 Å². The van der Waals surface area contributed by atoms with Crippen LogP contribution in [0.25, 0.3) is 0 Å². The first kappa shape index (κ1) is 21.5. The molecule has 0 spiro atoms. The van der Waals surface area contributed by atoms with E-state index in [2.05, 4.69) is 15.3 Å². The third-order valence-electron chi connectivity index (χ3n) is 6.11. The molecule has 0 unspecified atom stereocenters. The number of piperidine rings is 1. The smallest absolute Gasteiger partial charge is 0.244 e. The van der Waals surface area contributed by atoms with Gasteiger partial charge in [0, 0.05) is 25.8 Å². The predicted octanol–water partition coefficient (Wildman–Crippen LogP) is 2.54. The van der Waals surface area contributed by atoms with Gasteiger partial charge in [0.1, 0.15) is 12.4 Å². The minimum atomic E-state index is -0.400. The van der Waals surface area contributed by atoms with Crippen LogP contribution in [-0.2, 0) is 22.6 Å². The molecule has 1 aromatic carbocycles. The highest BCUT2D eigenvalue weighted by Gasteiger charge is 2.26. The Morgan fingerprint density at radius 3 is 2.74 bits per heavy atom. The van der Waals surface area contributed by atoms with Crippen LogP contribution in [0, 0.1) is 11.7 Å². The zero-order chi connectivity index (χ0) is 21.6. The minimum absolute atomic E-state index is 0.0526. The lowest BCUT2D eigenvalue weighted by molar-refractivity contribution is -0.134. The number of rotatable bonds is 7. The second-order valence-corrected chi connectivity index (χ2v) is 8.60. The van der Waals surface area contributed by atoms with Crippen molar-refractivity contribution in [1.29, 1.82) is 0 Å². The van der Waals surface area contributed by atoms with Crippen LogP contribution in [0.5, 0.6) is 0 Å². The van der Waals surface area contributed by atoms with Crippen LogP contribution in [0.15, 0.2) is 36.7 Å². The molecule has 0 aliphatic carbocycles. The number of halogens is 1. The zero-order valence-electron chi connectivity index (χ0n) is 17.8. The molecule has 2 aromatic rings. The number of nitrogens with one attached hydrogen (secondary N) is 1. The molecule has 0 bridgehead atoms. The summed E-state index contributed by atoms with van der Waals surface area (Å²) in [5, 5.41) is 6.92. The number of hydrogen-bond acceptors (Lipinski definition) is 4. The molecule has 2 amide bonds. The summed E-state index contributed by atoms with van der Waals surface area (Å²) in [5.74, 6) is -0.125. The van der Waals surface area contributed by atoms with E-state index in [1.807, 2.05) is 4.90 Å². The number of nitrogens with zero attached hydrogens (tertiary/aromatic N) is 4. The first-order chi connectivity index (χ1) is 15.1. The summed E-state index contributed by atoms with van der Waals surface area (Å²) in [4.78, 5) is 29.4. The SMILES string of the molecule is O=C(Cc1ccccc1F)Nc1cnn(CC(=O)N2CCC[C@H](CN3CCCC3)C2)c1. The lowest BCUT2D eigenvalue weighted by atomic mass is 9.97. The average molecular weight is 428 g/mol. The Morgan fingerprint density at radius 1 is 1.13 bits per heavy atom. The Balaban J connectivity index is 1.26. The summed E-state index contributed by atoms with van der Waals surface area (Å²) in [6.45, 7) is 5.21. The number of carbonyl (C=O) groups excluding carboxylic acids is 2. The summed E-state index contributed by atoms with van der Waals surface area (Å²) >= 11 is 0. The van der Waals surface area contributed by atoms with Crippen LogP contribution in [-0.4, -0.2) is 64.1 Å². The Labute approximate surface area is 182 Å². The molecule has 1 atom stereocenters. The van der Waals surface area contributed by atoms with Crippen LogP contribution in [0.3, 0.4) is 0 Å². The quantitative estimate of drug-likeness (QED) is 0.737. The second kappa shape index (κ2) is 10.0. The Hall–Kier alpha value is -2.74. The normalized spacial score (nSPS) is 19.5. The van der Waals surface area contributed by atoms with E-state index < -0.39 is 5.82 Å². The van der Waals surface area contributed by atoms with E-state index in [-0.39, 0.29) is 24.8 Å². The van der Waals surface area contributed by atoms with Crippen molar-refractivity contribution in [3.8, 4) is 0 Å². The highest BCUT2D eigenvalue weighted by Crippen LogP contribution is 2.20. The molecule has 8 heteroatoms. The van der Waals surface area contributed by atoms with E-state index in [4.69, 9.17) is 0 Å². The van der Waals surface area contributed by atoms with Gasteiger partial charge < -0.3 is 15.1 Å². The molecule has 2 aliphatic rings. The van der Waals surface area contributed by atoms with E-state index in [0.717, 1.165) is 26.1 Å². The lowest BCUT2D eigenvalue weighted by Gasteiger charge is -2.34. The van der Waals surface area contributed by atoms with Gasteiger partial charge in [0.05, 0.1) is 18.3 Å². The van der Waals surface area contributed by atoms with Crippen LogP contribution >= 0.6 is 0 Å². The Morgan fingerprint density at radius 2 is 1.94 bits per heavy atom. The van der Waals surface area contributed by atoms with Gasteiger partial charge in [-0.15, -0.1) is 0 Å². The third kappa shape index (κ3) is 5.91. The number of carbonyl (C=O) groups is 2. The molecule has 7 nitrogen and oxygen atoms in total. The van der Waals surface area contributed by atoms with Gasteiger partial charge in [0.15, 0.2) is 0 Å². The molecule has 31 heavy (non-hydrogen) atoms. The first-order valence-corrected chi connectivity index (χ1v) is 11.1.